The molecular formula is C15H23N3O2. The lowest BCUT2D eigenvalue weighted by molar-refractivity contribution is -0.385. The van der Waals surface area contributed by atoms with Crippen LogP contribution in [-0.2, 0) is 0 Å². The summed E-state index contributed by atoms with van der Waals surface area (Å²) in [6, 6.07) is 7.41. The molecule has 1 N–H and O–H groups in total. The molecule has 5 nitrogen and oxygen atoms in total. The number of rotatable bonds is 5. The van der Waals surface area contributed by atoms with Gasteiger partial charge in [0, 0.05) is 30.3 Å². The van der Waals surface area contributed by atoms with Gasteiger partial charge in [0.15, 0.2) is 0 Å². The van der Waals surface area contributed by atoms with Gasteiger partial charge in [0.1, 0.15) is 0 Å². The molecule has 1 fully saturated rings. The van der Waals surface area contributed by atoms with Gasteiger partial charge in [-0.05, 0) is 32.9 Å². The zero-order chi connectivity index (χ0) is 14.5. The van der Waals surface area contributed by atoms with Crippen LogP contribution >= 0.6 is 0 Å². The summed E-state index contributed by atoms with van der Waals surface area (Å²) in [4.78, 5) is 13.2. The van der Waals surface area contributed by atoms with Crippen molar-refractivity contribution in [1.29, 1.82) is 0 Å². The van der Waals surface area contributed by atoms with Gasteiger partial charge in [-0.1, -0.05) is 25.1 Å². The van der Waals surface area contributed by atoms with Crippen molar-refractivity contribution in [3.8, 4) is 0 Å². The van der Waals surface area contributed by atoms with Crippen LogP contribution in [0.15, 0.2) is 24.3 Å². The topological polar surface area (TPSA) is 58.4 Å². The number of nitrogens with one attached hydrogen (secondary N) is 1. The summed E-state index contributed by atoms with van der Waals surface area (Å²) in [5, 5.41) is 14.6. The van der Waals surface area contributed by atoms with E-state index in [-0.39, 0.29) is 16.7 Å². The Morgan fingerprint density at radius 2 is 2.25 bits per heavy atom. The zero-order valence-electron chi connectivity index (χ0n) is 12.2. The highest BCUT2D eigenvalue weighted by Crippen LogP contribution is 2.25. The van der Waals surface area contributed by atoms with Gasteiger partial charge in [0.25, 0.3) is 5.69 Å². The van der Waals surface area contributed by atoms with Gasteiger partial charge in [0.2, 0.25) is 0 Å². The van der Waals surface area contributed by atoms with Crippen LogP contribution in [0.4, 0.5) is 5.69 Å². The van der Waals surface area contributed by atoms with Crippen LogP contribution in [0, 0.1) is 10.1 Å². The summed E-state index contributed by atoms with van der Waals surface area (Å²) in [5.41, 5.74) is 0.974. The molecule has 1 aliphatic heterocycles. The van der Waals surface area contributed by atoms with Crippen LogP contribution in [0.25, 0.3) is 0 Å². The van der Waals surface area contributed by atoms with Gasteiger partial charge >= 0.3 is 0 Å². The largest absolute Gasteiger partial charge is 0.306 e. The first-order valence-electron chi connectivity index (χ1n) is 7.33. The fourth-order valence-corrected chi connectivity index (χ4v) is 2.94. The molecule has 0 aliphatic carbocycles. The molecule has 0 amide bonds. The molecule has 1 aromatic carbocycles. The Morgan fingerprint density at radius 1 is 1.50 bits per heavy atom. The van der Waals surface area contributed by atoms with Crippen LogP contribution in [-0.4, -0.2) is 35.5 Å². The number of hydrogen-bond donors (Lipinski definition) is 1. The number of piperidine rings is 1. The quantitative estimate of drug-likeness (QED) is 0.664. The Morgan fingerprint density at radius 3 is 2.95 bits per heavy atom. The Balaban J connectivity index is 2.04. The molecule has 5 heteroatoms. The van der Waals surface area contributed by atoms with Crippen LogP contribution in [0.5, 0.6) is 0 Å². The Labute approximate surface area is 120 Å². The van der Waals surface area contributed by atoms with E-state index in [2.05, 4.69) is 17.1 Å². The molecule has 0 saturated carbocycles. The van der Waals surface area contributed by atoms with Crippen molar-refractivity contribution in [2.45, 2.75) is 38.8 Å². The van der Waals surface area contributed by atoms with E-state index in [1.54, 1.807) is 12.1 Å². The maximum absolute atomic E-state index is 11.1. The Kier molecular flexibility index (Phi) is 5.09. The molecule has 1 heterocycles. The highest BCUT2D eigenvalue weighted by molar-refractivity contribution is 5.41. The summed E-state index contributed by atoms with van der Waals surface area (Å²) in [7, 11) is 0. The second-order valence-corrected chi connectivity index (χ2v) is 5.44. The van der Waals surface area contributed by atoms with E-state index in [4.69, 9.17) is 0 Å². The molecule has 0 spiro atoms. The average Bonchev–Trinajstić information content (AvgIpc) is 2.47. The van der Waals surface area contributed by atoms with Gasteiger partial charge in [-0.15, -0.1) is 0 Å². The SMILES string of the molecule is CCN1CCCC(NC(C)c2ccccc2[N+](=O)[O-])C1. The van der Waals surface area contributed by atoms with Crippen molar-refractivity contribution in [3.05, 3.63) is 39.9 Å². The van der Waals surface area contributed by atoms with E-state index < -0.39 is 0 Å². The highest BCUT2D eigenvalue weighted by atomic mass is 16.6. The lowest BCUT2D eigenvalue weighted by Crippen LogP contribution is -2.46. The Hall–Kier alpha value is -1.46. The number of likely N-dealkylation sites (N-methyl/N-ethyl adjacent to an activating group) is 1. The minimum atomic E-state index is -0.299. The summed E-state index contributed by atoms with van der Waals surface area (Å²) in [6.45, 7) is 7.44. The van der Waals surface area contributed by atoms with E-state index in [1.807, 2.05) is 19.1 Å². The molecule has 20 heavy (non-hydrogen) atoms. The number of nitro groups is 1. The molecule has 0 bridgehead atoms. The van der Waals surface area contributed by atoms with Crippen LogP contribution in [0.1, 0.15) is 38.3 Å². The molecule has 1 saturated heterocycles. The molecule has 110 valence electrons. The van der Waals surface area contributed by atoms with E-state index in [0.717, 1.165) is 31.6 Å². The lowest BCUT2D eigenvalue weighted by Gasteiger charge is -2.34. The molecular weight excluding hydrogens is 254 g/mol. The van der Waals surface area contributed by atoms with Gasteiger partial charge < -0.3 is 10.2 Å². The number of benzene rings is 1. The number of nitrogens with zero attached hydrogens (tertiary/aromatic N) is 2. The third kappa shape index (κ3) is 3.55. The molecule has 2 atom stereocenters. The highest BCUT2D eigenvalue weighted by Gasteiger charge is 2.23. The van der Waals surface area contributed by atoms with E-state index in [0.29, 0.717) is 6.04 Å². The summed E-state index contributed by atoms with van der Waals surface area (Å²) in [6.07, 6.45) is 2.33. The number of para-hydroxylation sites is 1. The molecule has 1 aromatic rings. The average molecular weight is 277 g/mol. The molecule has 1 aliphatic rings. The second kappa shape index (κ2) is 6.81. The fourth-order valence-electron chi connectivity index (χ4n) is 2.94. The standard InChI is InChI=1S/C15H23N3O2/c1-3-17-10-6-7-13(11-17)16-12(2)14-8-4-5-9-15(14)18(19)20/h4-5,8-9,12-13,16H,3,6-7,10-11H2,1-2H3. The van der Waals surface area contributed by atoms with Gasteiger partial charge in [0.05, 0.1) is 4.92 Å². The van der Waals surface area contributed by atoms with Gasteiger partial charge in [-0.25, -0.2) is 0 Å². The van der Waals surface area contributed by atoms with Crippen molar-refractivity contribution >= 4 is 5.69 Å². The van der Waals surface area contributed by atoms with Crippen LogP contribution in [0.2, 0.25) is 0 Å². The minimum absolute atomic E-state index is 0.00148. The predicted octanol–water partition coefficient (Wildman–Crippen LogP) is 2.73. The number of nitro benzene ring substituents is 1. The third-order valence-electron chi connectivity index (χ3n) is 4.04. The first kappa shape index (κ1) is 14.9. The van der Waals surface area contributed by atoms with Gasteiger partial charge in [-0.3, -0.25) is 10.1 Å². The second-order valence-electron chi connectivity index (χ2n) is 5.44. The first-order valence-corrected chi connectivity index (χ1v) is 7.33. The van der Waals surface area contributed by atoms with E-state index in [9.17, 15) is 10.1 Å². The summed E-state index contributed by atoms with van der Waals surface area (Å²) in [5.74, 6) is 0. The minimum Gasteiger partial charge on any atom is -0.306 e. The molecule has 0 aromatic heterocycles. The van der Waals surface area contributed by atoms with Crippen molar-refractivity contribution < 1.29 is 4.92 Å². The van der Waals surface area contributed by atoms with E-state index >= 15 is 0 Å². The fraction of sp³-hybridized carbons (Fsp3) is 0.600. The smallest absolute Gasteiger partial charge is 0.274 e. The monoisotopic (exact) mass is 277 g/mol. The van der Waals surface area contributed by atoms with Crippen molar-refractivity contribution in [2.24, 2.45) is 0 Å². The van der Waals surface area contributed by atoms with Crippen molar-refractivity contribution in [2.75, 3.05) is 19.6 Å². The summed E-state index contributed by atoms with van der Waals surface area (Å²) >= 11 is 0. The first-order chi connectivity index (χ1) is 9.61. The van der Waals surface area contributed by atoms with Crippen LogP contribution in [0.3, 0.4) is 0 Å². The third-order valence-corrected chi connectivity index (χ3v) is 4.04. The normalized spacial score (nSPS) is 21.6. The maximum Gasteiger partial charge on any atom is 0.274 e. The Bertz CT molecular complexity index is 464. The van der Waals surface area contributed by atoms with Gasteiger partial charge in [-0.2, -0.15) is 0 Å². The van der Waals surface area contributed by atoms with Crippen LogP contribution < -0.4 is 5.32 Å². The lowest BCUT2D eigenvalue weighted by atomic mass is 10.0. The summed E-state index contributed by atoms with van der Waals surface area (Å²) < 4.78 is 0. The zero-order valence-corrected chi connectivity index (χ0v) is 12.2. The van der Waals surface area contributed by atoms with E-state index in [1.165, 1.54) is 6.42 Å². The van der Waals surface area contributed by atoms with Crippen molar-refractivity contribution in [1.82, 2.24) is 10.2 Å². The number of likely N-dealkylation sites (tertiary alicyclic amines) is 1. The van der Waals surface area contributed by atoms with Crippen molar-refractivity contribution in [3.63, 3.8) is 0 Å². The maximum atomic E-state index is 11.1. The molecule has 0 radical (unpaired) electrons. The predicted molar refractivity (Wildman–Crippen MR) is 79.8 cm³/mol. The number of hydrogen-bond acceptors (Lipinski definition) is 4. The molecule has 2 unspecified atom stereocenters. The molecule has 2 rings (SSSR count).